The summed E-state index contributed by atoms with van der Waals surface area (Å²) in [5.41, 5.74) is 2.49. The predicted octanol–water partition coefficient (Wildman–Crippen LogP) is 2.94. The maximum Gasteiger partial charge on any atom is 0.222 e. The van der Waals surface area contributed by atoms with Gasteiger partial charge in [-0.3, -0.25) is 4.79 Å². The normalized spacial score (nSPS) is 14.3. The van der Waals surface area contributed by atoms with E-state index in [9.17, 15) is 10.1 Å². The second kappa shape index (κ2) is 9.23. The van der Waals surface area contributed by atoms with Crippen LogP contribution in [0.2, 0.25) is 0 Å². The largest absolute Gasteiger partial charge is 0.497 e. The third-order valence-electron chi connectivity index (χ3n) is 5.15. The first-order valence-corrected chi connectivity index (χ1v) is 9.64. The first-order chi connectivity index (χ1) is 13.6. The molecule has 2 aromatic rings. The second-order valence-electron chi connectivity index (χ2n) is 7.02. The zero-order chi connectivity index (χ0) is 19.9. The van der Waals surface area contributed by atoms with Gasteiger partial charge >= 0.3 is 0 Å². The molecule has 1 saturated heterocycles. The van der Waals surface area contributed by atoms with Gasteiger partial charge in [0.15, 0.2) is 0 Å². The fourth-order valence-corrected chi connectivity index (χ4v) is 3.41. The van der Waals surface area contributed by atoms with Crippen LogP contribution in [-0.4, -0.2) is 49.1 Å². The van der Waals surface area contributed by atoms with Gasteiger partial charge in [0.2, 0.25) is 5.91 Å². The molecule has 0 spiro atoms. The van der Waals surface area contributed by atoms with Crippen molar-refractivity contribution in [2.75, 3.05) is 38.2 Å². The Kier molecular flexibility index (Phi) is 6.49. The van der Waals surface area contributed by atoms with Gasteiger partial charge in [-0.15, -0.1) is 0 Å². The van der Waals surface area contributed by atoms with Crippen LogP contribution in [0, 0.1) is 18.3 Å². The molecule has 0 bridgehead atoms. The van der Waals surface area contributed by atoms with E-state index in [2.05, 4.69) is 16.0 Å². The van der Waals surface area contributed by atoms with Crippen molar-refractivity contribution < 1.29 is 9.53 Å². The highest BCUT2D eigenvalue weighted by Crippen LogP contribution is 2.18. The standard InChI is InChI=1S/C22H26N4O2/c1-17-4-10-21(24-20(17)16-23)25-12-3-13-26(15-14-25)22(27)11-7-18-5-8-19(28-2)9-6-18/h4-6,8-10H,3,7,11-15H2,1-2H3. The molecule has 0 saturated carbocycles. The van der Waals surface area contributed by atoms with Crippen LogP contribution >= 0.6 is 0 Å². The lowest BCUT2D eigenvalue weighted by Crippen LogP contribution is -2.35. The van der Waals surface area contributed by atoms with Crippen molar-refractivity contribution in [3.8, 4) is 11.8 Å². The average Bonchev–Trinajstić information content (AvgIpc) is 2.99. The molecule has 1 aromatic carbocycles. The number of benzene rings is 1. The number of aryl methyl sites for hydroxylation is 2. The second-order valence-corrected chi connectivity index (χ2v) is 7.02. The third kappa shape index (κ3) is 4.80. The number of nitriles is 1. The van der Waals surface area contributed by atoms with Crippen molar-refractivity contribution >= 4 is 11.7 Å². The molecule has 28 heavy (non-hydrogen) atoms. The van der Waals surface area contributed by atoms with Crippen LogP contribution in [-0.2, 0) is 11.2 Å². The number of rotatable bonds is 5. The molecule has 0 aliphatic carbocycles. The molecule has 1 amide bonds. The van der Waals surface area contributed by atoms with Crippen molar-refractivity contribution in [2.45, 2.75) is 26.2 Å². The van der Waals surface area contributed by atoms with Gasteiger partial charge in [0.05, 0.1) is 7.11 Å². The third-order valence-corrected chi connectivity index (χ3v) is 5.15. The van der Waals surface area contributed by atoms with Gasteiger partial charge in [0.25, 0.3) is 0 Å². The van der Waals surface area contributed by atoms with E-state index in [-0.39, 0.29) is 5.91 Å². The van der Waals surface area contributed by atoms with Gasteiger partial charge in [0, 0.05) is 32.6 Å². The van der Waals surface area contributed by atoms with E-state index in [1.807, 2.05) is 48.2 Å². The number of methoxy groups -OCH3 is 1. The summed E-state index contributed by atoms with van der Waals surface area (Å²) in [6.45, 7) is 4.90. The van der Waals surface area contributed by atoms with Crippen molar-refractivity contribution in [1.82, 2.24) is 9.88 Å². The van der Waals surface area contributed by atoms with E-state index in [0.717, 1.165) is 55.2 Å². The number of pyridine rings is 1. The van der Waals surface area contributed by atoms with Crippen molar-refractivity contribution in [2.24, 2.45) is 0 Å². The Labute approximate surface area is 166 Å². The topological polar surface area (TPSA) is 69.5 Å². The smallest absolute Gasteiger partial charge is 0.222 e. The number of carbonyl (C=O) groups is 1. The number of carbonyl (C=O) groups excluding carboxylic acids is 1. The zero-order valence-electron chi connectivity index (χ0n) is 16.5. The molecule has 0 atom stereocenters. The molecule has 3 rings (SSSR count). The fraction of sp³-hybridized carbons (Fsp3) is 0.409. The number of ether oxygens (including phenoxy) is 1. The van der Waals surface area contributed by atoms with Crippen LogP contribution in [0.3, 0.4) is 0 Å². The number of amides is 1. The van der Waals surface area contributed by atoms with E-state index in [1.165, 1.54) is 0 Å². The van der Waals surface area contributed by atoms with Gasteiger partial charge in [0.1, 0.15) is 23.3 Å². The van der Waals surface area contributed by atoms with Gasteiger partial charge in [-0.25, -0.2) is 4.98 Å². The van der Waals surface area contributed by atoms with E-state index in [0.29, 0.717) is 18.7 Å². The Morgan fingerprint density at radius 1 is 1.14 bits per heavy atom. The first kappa shape index (κ1) is 19.7. The number of hydrogen-bond acceptors (Lipinski definition) is 5. The summed E-state index contributed by atoms with van der Waals surface area (Å²) in [4.78, 5) is 21.2. The highest BCUT2D eigenvalue weighted by atomic mass is 16.5. The molecule has 6 nitrogen and oxygen atoms in total. The van der Waals surface area contributed by atoms with Gasteiger partial charge in [-0.1, -0.05) is 18.2 Å². The van der Waals surface area contributed by atoms with E-state index in [1.54, 1.807) is 7.11 Å². The molecular formula is C22H26N4O2. The SMILES string of the molecule is COc1ccc(CCC(=O)N2CCCN(c3ccc(C)c(C#N)n3)CC2)cc1. The molecule has 1 fully saturated rings. The van der Waals surface area contributed by atoms with Crippen LogP contribution in [0.25, 0.3) is 0 Å². The van der Waals surface area contributed by atoms with Crippen LogP contribution in [0.5, 0.6) is 5.75 Å². The van der Waals surface area contributed by atoms with Gasteiger partial charge in [-0.2, -0.15) is 5.26 Å². The van der Waals surface area contributed by atoms with Crippen molar-refractivity contribution in [1.29, 1.82) is 5.26 Å². The summed E-state index contributed by atoms with van der Waals surface area (Å²) in [6.07, 6.45) is 2.13. The number of anilines is 1. The summed E-state index contributed by atoms with van der Waals surface area (Å²) in [5, 5.41) is 9.20. The van der Waals surface area contributed by atoms with Crippen LogP contribution in [0.15, 0.2) is 36.4 Å². The molecule has 0 radical (unpaired) electrons. The summed E-state index contributed by atoms with van der Waals surface area (Å²) in [7, 11) is 1.65. The van der Waals surface area contributed by atoms with Crippen LogP contribution in [0.4, 0.5) is 5.82 Å². The Bertz CT molecular complexity index is 858. The van der Waals surface area contributed by atoms with Crippen molar-refractivity contribution in [3.63, 3.8) is 0 Å². The Hall–Kier alpha value is -3.07. The minimum Gasteiger partial charge on any atom is -0.497 e. The maximum absolute atomic E-state index is 12.7. The maximum atomic E-state index is 12.7. The van der Waals surface area contributed by atoms with E-state index in [4.69, 9.17) is 4.74 Å². The molecule has 2 heterocycles. The summed E-state index contributed by atoms with van der Waals surface area (Å²) >= 11 is 0. The molecular weight excluding hydrogens is 352 g/mol. The van der Waals surface area contributed by atoms with Crippen LogP contribution in [0.1, 0.15) is 29.7 Å². The lowest BCUT2D eigenvalue weighted by molar-refractivity contribution is -0.130. The number of aromatic nitrogens is 1. The molecule has 146 valence electrons. The molecule has 1 aliphatic rings. The van der Waals surface area contributed by atoms with Gasteiger partial charge in [-0.05, 0) is 49.1 Å². The summed E-state index contributed by atoms with van der Waals surface area (Å²) in [6, 6.07) is 13.9. The van der Waals surface area contributed by atoms with Crippen LogP contribution < -0.4 is 9.64 Å². The van der Waals surface area contributed by atoms with E-state index < -0.39 is 0 Å². The highest BCUT2D eigenvalue weighted by Gasteiger charge is 2.20. The monoisotopic (exact) mass is 378 g/mol. The lowest BCUT2D eigenvalue weighted by atomic mass is 10.1. The van der Waals surface area contributed by atoms with Crippen molar-refractivity contribution in [3.05, 3.63) is 53.2 Å². The Morgan fingerprint density at radius 2 is 1.93 bits per heavy atom. The minimum absolute atomic E-state index is 0.187. The van der Waals surface area contributed by atoms with Gasteiger partial charge < -0.3 is 14.5 Å². The predicted molar refractivity (Wildman–Crippen MR) is 108 cm³/mol. The minimum atomic E-state index is 0.187. The quantitative estimate of drug-likeness (QED) is 0.800. The average molecular weight is 378 g/mol. The Balaban J connectivity index is 1.55. The fourth-order valence-electron chi connectivity index (χ4n) is 3.41. The lowest BCUT2D eigenvalue weighted by Gasteiger charge is -2.23. The summed E-state index contributed by atoms with van der Waals surface area (Å²) < 4.78 is 5.17. The Morgan fingerprint density at radius 3 is 2.64 bits per heavy atom. The summed E-state index contributed by atoms with van der Waals surface area (Å²) in [5.74, 6) is 1.83. The zero-order valence-corrected chi connectivity index (χ0v) is 16.5. The molecule has 0 N–H and O–H groups in total. The molecule has 1 aliphatic heterocycles. The molecule has 6 heteroatoms. The molecule has 0 unspecified atom stereocenters. The van der Waals surface area contributed by atoms with E-state index >= 15 is 0 Å². The number of hydrogen-bond donors (Lipinski definition) is 0. The first-order valence-electron chi connectivity index (χ1n) is 9.64. The molecule has 1 aromatic heterocycles. The number of nitrogens with zero attached hydrogens (tertiary/aromatic N) is 4. The highest BCUT2D eigenvalue weighted by molar-refractivity contribution is 5.76.